The van der Waals surface area contributed by atoms with Crippen LogP contribution in [0.2, 0.25) is 5.02 Å². The number of nitrogens with one attached hydrogen (secondary N) is 1. The van der Waals surface area contributed by atoms with E-state index in [9.17, 15) is 4.39 Å². The highest BCUT2D eigenvalue weighted by molar-refractivity contribution is 6.30. The zero-order valence-electron chi connectivity index (χ0n) is 11.8. The number of benzene rings is 1. The Morgan fingerprint density at radius 3 is 2.84 bits per heavy atom. The Morgan fingerprint density at radius 1 is 1.42 bits per heavy atom. The van der Waals surface area contributed by atoms with Crippen LogP contribution >= 0.6 is 11.6 Å². The van der Waals surface area contributed by atoms with Gasteiger partial charge in [0.25, 0.3) is 0 Å². The molecule has 0 amide bonds. The van der Waals surface area contributed by atoms with Crippen molar-refractivity contribution in [1.82, 2.24) is 5.32 Å². The van der Waals surface area contributed by atoms with Crippen molar-refractivity contribution in [2.24, 2.45) is 11.8 Å². The lowest BCUT2D eigenvalue weighted by atomic mass is 9.76. The Hall–Kier alpha value is -0.600. The van der Waals surface area contributed by atoms with E-state index in [-0.39, 0.29) is 10.8 Å². The molecule has 1 aromatic carbocycles. The van der Waals surface area contributed by atoms with Crippen molar-refractivity contribution in [2.75, 3.05) is 6.54 Å². The second-order valence-electron chi connectivity index (χ2n) is 5.74. The van der Waals surface area contributed by atoms with Gasteiger partial charge in [-0.15, -0.1) is 0 Å². The molecule has 1 N–H and O–H groups in total. The van der Waals surface area contributed by atoms with Crippen molar-refractivity contribution in [1.29, 1.82) is 0 Å². The first-order chi connectivity index (χ1) is 9.11. The van der Waals surface area contributed by atoms with Crippen LogP contribution < -0.4 is 5.32 Å². The Kier molecular flexibility index (Phi) is 5.23. The molecule has 1 fully saturated rings. The SMILES string of the molecule is CCNC(c1ccc(F)c(Cl)c1)C1CCCC(C)C1. The molecule has 106 valence electrons. The van der Waals surface area contributed by atoms with Crippen LogP contribution in [0.15, 0.2) is 18.2 Å². The average molecular weight is 284 g/mol. The summed E-state index contributed by atoms with van der Waals surface area (Å²) in [7, 11) is 0. The zero-order chi connectivity index (χ0) is 13.8. The van der Waals surface area contributed by atoms with Gasteiger partial charge in [-0.1, -0.05) is 44.4 Å². The molecule has 1 aromatic rings. The molecule has 0 aliphatic heterocycles. The van der Waals surface area contributed by atoms with Crippen LogP contribution in [0.1, 0.15) is 51.1 Å². The third-order valence-electron chi connectivity index (χ3n) is 4.18. The highest BCUT2D eigenvalue weighted by Gasteiger charge is 2.27. The second kappa shape index (κ2) is 6.71. The Bertz CT molecular complexity index is 421. The van der Waals surface area contributed by atoms with Gasteiger partial charge in [0.05, 0.1) is 5.02 Å². The molecule has 3 unspecified atom stereocenters. The predicted molar refractivity (Wildman–Crippen MR) is 78.9 cm³/mol. The summed E-state index contributed by atoms with van der Waals surface area (Å²) in [5, 5.41) is 3.78. The monoisotopic (exact) mass is 283 g/mol. The maximum absolute atomic E-state index is 13.3. The molecule has 0 aromatic heterocycles. The lowest BCUT2D eigenvalue weighted by Crippen LogP contribution is -2.31. The van der Waals surface area contributed by atoms with Crippen LogP contribution in [0.25, 0.3) is 0 Å². The van der Waals surface area contributed by atoms with Crippen molar-refractivity contribution in [2.45, 2.75) is 45.6 Å². The summed E-state index contributed by atoms with van der Waals surface area (Å²) in [6, 6.07) is 5.43. The standard InChI is InChI=1S/C16H23ClFN/c1-3-19-16(12-6-4-5-11(2)9-12)13-7-8-15(18)14(17)10-13/h7-8,10-12,16,19H,3-6,9H2,1-2H3. The van der Waals surface area contributed by atoms with E-state index in [4.69, 9.17) is 11.6 Å². The second-order valence-corrected chi connectivity index (χ2v) is 6.15. The number of halogens is 2. The summed E-state index contributed by atoms with van der Waals surface area (Å²) in [4.78, 5) is 0. The van der Waals surface area contributed by atoms with Crippen molar-refractivity contribution in [3.63, 3.8) is 0 Å². The van der Waals surface area contributed by atoms with Crippen LogP contribution in [0.4, 0.5) is 4.39 Å². The van der Waals surface area contributed by atoms with E-state index >= 15 is 0 Å². The Morgan fingerprint density at radius 2 is 2.21 bits per heavy atom. The van der Waals surface area contributed by atoms with Gasteiger partial charge in [-0.3, -0.25) is 0 Å². The molecule has 1 aliphatic carbocycles. The fourth-order valence-electron chi connectivity index (χ4n) is 3.27. The highest BCUT2D eigenvalue weighted by atomic mass is 35.5. The lowest BCUT2D eigenvalue weighted by Gasteiger charge is -2.34. The maximum atomic E-state index is 13.3. The first-order valence-corrected chi connectivity index (χ1v) is 7.68. The quantitative estimate of drug-likeness (QED) is 0.824. The van der Waals surface area contributed by atoms with E-state index in [0.29, 0.717) is 12.0 Å². The van der Waals surface area contributed by atoms with E-state index < -0.39 is 0 Å². The average Bonchev–Trinajstić information content (AvgIpc) is 2.39. The van der Waals surface area contributed by atoms with Crippen LogP contribution in [0, 0.1) is 17.7 Å². The van der Waals surface area contributed by atoms with Crippen LogP contribution in [0.3, 0.4) is 0 Å². The van der Waals surface area contributed by atoms with Crippen LogP contribution in [-0.2, 0) is 0 Å². The largest absolute Gasteiger partial charge is 0.310 e. The van der Waals surface area contributed by atoms with E-state index in [0.717, 1.165) is 18.0 Å². The van der Waals surface area contributed by atoms with Gasteiger partial charge in [0.2, 0.25) is 0 Å². The topological polar surface area (TPSA) is 12.0 Å². The Labute approximate surface area is 120 Å². The number of hydrogen-bond donors (Lipinski definition) is 1. The predicted octanol–water partition coefficient (Wildman–Crippen LogP) is 4.96. The summed E-state index contributed by atoms with van der Waals surface area (Å²) in [6.07, 6.45) is 5.12. The lowest BCUT2D eigenvalue weighted by molar-refractivity contribution is 0.225. The van der Waals surface area contributed by atoms with Gasteiger partial charge >= 0.3 is 0 Å². The van der Waals surface area contributed by atoms with E-state index in [2.05, 4.69) is 19.2 Å². The summed E-state index contributed by atoms with van der Waals surface area (Å²) in [5.74, 6) is 1.08. The number of hydrogen-bond acceptors (Lipinski definition) is 1. The van der Waals surface area contributed by atoms with Gasteiger partial charge in [-0.2, -0.15) is 0 Å². The molecule has 2 rings (SSSR count). The fourth-order valence-corrected chi connectivity index (χ4v) is 3.46. The molecule has 3 atom stereocenters. The van der Waals surface area contributed by atoms with Gasteiger partial charge in [-0.05, 0) is 48.9 Å². The minimum Gasteiger partial charge on any atom is -0.310 e. The minimum absolute atomic E-state index is 0.226. The smallest absolute Gasteiger partial charge is 0.141 e. The van der Waals surface area contributed by atoms with Crippen LogP contribution in [0.5, 0.6) is 0 Å². The van der Waals surface area contributed by atoms with Gasteiger partial charge in [0.1, 0.15) is 5.82 Å². The van der Waals surface area contributed by atoms with Crippen LogP contribution in [-0.4, -0.2) is 6.54 Å². The molecule has 19 heavy (non-hydrogen) atoms. The molecule has 1 saturated carbocycles. The fraction of sp³-hybridized carbons (Fsp3) is 0.625. The molecule has 1 nitrogen and oxygen atoms in total. The maximum Gasteiger partial charge on any atom is 0.141 e. The molecule has 0 bridgehead atoms. The molecule has 0 heterocycles. The van der Waals surface area contributed by atoms with Crippen molar-refractivity contribution in [3.8, 4) is 0 Å². The molecular weight excluding hydrogens is 261 g/mol. The number of rotatable bonds is 4. The summed E-state index contributed by atoms with van der Waals surface area (Å²) >= 11 is 5.92. The third kappa shape index (κ3) is 3.70. The molecule has 0 saturated heterocycles. The van der Waals surface area contributed by atoms with Crippen molar-refractivity contribution >= 4 is 11.6 Å². The van der Waals surface area contributed by atoms with E-state index in [1.807, 2.05) is 6.07 Å². The zero-order valence-corrected chi connectivity index (χ0v) is 12.5. The first-order valence-electron chi connectivity index (χ1n) is 7.30. The Balaban J connectivity index is 2.20. The van der Waals surface area contributed by atoms with Gasteiger partial charge in [-0.25, -0.2) is 4.39 Å². The van der Waals surface area contributed by atoms with E-state index in [1.54, 1.807) is 6.07 Å². The normalized spacial score (nSPS) is 25.3. The summed E-state index contributed by atoms with van der Waals surface area (Å²) in [6.45, 7) is 5.36. The molecule has 1 aliphatic rings. The third-order valence-corrected chi connectivity index (χ3v) is 4.46. The molecule has 0 spiro atoms. The van der Waals surface area contributed by atoms with Gasteiger partial charge in [0.15, 0.2) is 0 Å². The summed E-state index contributed by atoms with van der Waals surface area (Å²) < 4.78 is 13.3. The van der Waals surface area contributed by atoms with Crippen molar-refractivity contribution in [3.05, 3.63) is 34.6 Å². The van der Waals surface area contributed by atoms with E-state index in [1.165, 1.54) is 31.7 Å². The van der Waals surface area contributed by atoms with Crippen molar-refractivity contribution < 1.29 is 4.39 Å². The molecule has 0 radical (unpaired) electrons. The van der Waals surface area contributed by atoms with Gasteiger partial charge < -0.3 is 5.32 Å². The highest BCUT2D eigenvalue weighted by Crippen LogP contribution is 2.37. The molecular formula is C16H23ClFN. The van der Waals surface area contributed by atoms with Gasteiger partial charge in [0, 0.05) is 6.04 Å². The summed E-state index contributed by atoms with van der Waals surface area (Å²) in [5.41, 5.74) is 1.12. The first kappa shape index (κ1) is 14.8. The minimum atomic E-state index is -0.335. The molecule has 3 heteroatoms.